The number of nitrogens with zero attached hydrogens (tertiary/aromatic N) is 3. The van der Waals surface area contributed by atoms with Crippen LogP contribution in [0, 0.1) is 0 Å². The molecule has 1 aliphatic carbocycles. The lowest BCUT2D eigenvalue weighted by Crippen LogP contribution is -2.39. The van der Waals surface area contributed by atoms with Gasteiger partial charge in [0.1, 0.15) is 6.17 Å². The zero-order chi connectivity index (χ0) is 19.5. The van der Waals surface area contributed by atoms with Gasteiger partial charge in [0.15, 0.2) is 0 Å². The van der Waals surface area contributed by atoms with Gasteiger partial charge in [-0.3, -0.25) is 14.8 Å². The van der Waals surface area contributed by atoms with Crippen molar-refractivity contribution in [2.45, 2.75) is 57.0 Å². The van der Waals surface area contributed by atoms with Crippen molar-refractivity contribution in [3.8, 4) is 0 Å². The zero-order valence-corrected chi connectivity index (χ0v) is 16.9. The maximum absolute atomic E-state index is 4.82. The molecule has 3 aromatic rings. The van der Waals surface area contributed by atoms with Crippen LogP contribution in [0.4, 0.5) is 0 Å². The molecule has 1 aromatic heterocycles. The Hall–Kier alpha value is -2.49. The lowest BCUT2D eigenvalue weighted by Gasteiger charge is -2.32. The average Bonchev–Trinajstić information content (AvgIpc) is 3.09. The van der Waals surface area contributed by atoms with Crippen LogP contribution in [0.25, 0.3) is 0 Å². The van der Waals surface area contributed by atoms with Gasteiger partial charge in [-0.15, -0.1) is 0 Å². The molecule has 0 amide bonds. The molecule has 0 spiro atoms. The van der Waals surface area contributed by atoms with Gasteiger partial charge in [-0.2, -0.15) is 0 Å². The van der Waals surface area contributed by atoms with Gasteiger partial charge in [-0.05, 0) is 36.1 Å². The van der Waals surface area contributed by atoms with Crippen LogP contribution in [0.1, 0.15) is 48.7 Å². The number of fused-ring (bicyclic) bond motifs is 1. The van der Waals surface area contributed by atoms with Crippen molar-refractivity contribution in [1.29, 1.82) is 0 Å². The predicted octanol–water partition coefficient (Wildman–Crippen LogP) is 5.41. The van der Waals surface area contributed by atoms with Gasteiger partial charge in [0, 0.05) is 31.4 Å². The fraction of sp³-hybridized carbons (Fsp3) is 0.346. The molecular formula is C26H29N3. The first-order chi connectivity index (χ1) is 14.4. The maximum atomic E-state index is 4.82. The molecule has 29 heavy (non-hydrogen) atoms. The fourth-order valence-electron chi connectivity index (χ4n) is 5.28. The van der Waals surface area contributed by atoms with Gasteiger partial charge in [0.05, 0.1) is 5.69 Å². The Balaban J connectivity index is 1.54. The standard InChI is InChI=1S/C26H29N3/c1-3-11-21(12-4-1)19-28-24-16-7-8-17-25(24)29(20-22-13-5-2-6-14-22)26(28)23-15-9-10-18-27-23/h1-6,9-15,18,24-26H,7-8,16-17,19-20H2/t24-,25-/m1/s1. The summed E-state index contributed by atoms with van der Waals surface area (Å²) in [5, 5.41) is 0. The van der Waals surface area contributed by atoms with Crippen molar-refractivity contribution in [1.82, 2.24) is 14.8 Å². The first-order valence-corrected chi connectivity index (χ1v) is 10.9. The van der Waals surface area contributed by atoms with E-state index in [4.69, 9.17) is 4.98 Å². The monoisotopic (exact) mass is 383 g/mol. The third kappa shape index (κ3) is 3.85. The molecular weight excluding hydrogens is 354 g/mol. The Morgan fingerprint density at radius 3 is 1.66 bits per heavy atom. The highest BCUT2D eigenvalue weighted by atomic mass is 15.5. The molecule has 5 rings (SSSR count). The molecule has 3 nitrogen and oxygen atoms in total. The summed E-state index contributed by atoms with van der Waals surface area (Å²) in [6.45, 7) is 1.96. The van der Waals surface area contributed by atoms with Crippen molar-refractivity contribution >= 4 is 0 Å². The van der Waals surface area contributed by atoms with Crippen LogP contribution < -0.4 is 0 Å². The Morgan fingerprint density at radius 2 is 1.17 bits per heavy atom. The summed E-state index contributed by atoms with van der Waals surface area (Å²) in [4.78, 5) is 10.3. The van der Waals surface area contributed by atoms with Crippen LogP contribution in [0.3, 0.4) is 0 Å². The van der Waals surface area contributed by atoms with Gasteiger partial charge in [0.25, 0.3) is 0 Å². The summed E-state index contributed by atoms with van der Waals surface area (Å²) >= 11 is 0. The van der Waals surface area contributed by atoms with E-state index in [1.165, 1.54) is 42.5 Å². The molecule has 1 saturated heterocycles. The van der Waals surface area contributed by atoms with E-state index in [0.717, 1.165) is 13.1 Å². The molecule has 3 heteroatoms. The lowest BCUT2D eigenvalue weighted by molar-refractivity contribution is 0.0986. The largest absolute Gasteiger partial charge is 0.274 e. The quantitative estimate of drug-likeness (QED) is 0.587. The smallest absolute Gasteiger partial charge is 0.107 e. The van der Waals surface area contributed by atoms with E-state index in [9.17, 15) is 0 Å². The summed E-state index contributed by atoms with van der Waals surface area (Å²) in [5.41, 5.74) is 3.95. The topological polar surface area (TPSA) is 19.4 Å². The van der Waals surface area contributed by atoms with E-state index in [-0.39, 0.29) is 6.17 Å². The number of pyridine rings is 1. The van der Waals surface area contributed by atoms with Gasteiger partial charge < -0.3 is 0 Å². The van der Waals surface area contributed by atoms with Crippen molar-refractivity contribution in [2.24, 2.45) is 0 Å². The van der Waals surface area contributed by atoms with Crippen molar-refractivity contribution in [3.63, 3.8) is 0 Å². The summed E-state index contributed by atoms with van der Waals surface area (Å²) < 4.78 is 0. The Bertz CT molecular complexity index is 840. The molecule has 1 aliphatic heterocycles. The molecule has 2 aliphatic rings. The minimum Gasteiger partial charge on any atom is -0.274 e. The molecule has 0 unspecified atom stereocenters. The van der Waals surface area contributed by atoms with Crippen molar-refractivity contribution in [3.05, 3.63) is 102 Å². The van der Waals surface area contributed by atoms with Gasteiger partial charge >= 0.3 is 0 Å². The molecule has 0 N–H and O–H groups in total. The fourth-order valence-corrected chi connectivity index (χ4v) is 5.28. The van der Waals surface area contributed by atoms with E-state index in [0.29, 0.717) is 12.1 Å². The zero-order valence-electron chi connectivity index (χ0n) is 16.9. The highest BCUT2D eigenvalue weighted by molar-refractivity contribution is 5.21. The molecule has 0 bridgehead atoms. The summed E-state index contributed by atoms with van der Waals surface area (Å²) in [6.07, 6.45) is 7.41. The van der Waals surface area contributed by atoms with E-state index in [2.05, 4.69) is 82.6 Å². The van der Waals surface area contributed by atoms with E-state index >= 15 is 0 Å². The van der Waals surface area contributed by atoms with Crippen molar-refractivity contribution < 1.29 is 0 Å². The number of benzene rings is 2. The maximum Gasteiger partial charge on any atom is 0.107 e. The lowest BCUT2D eigenvalue weighted by atomic mass is 9.90. The molecule has 1 saturated carbocycles. The highest BCUT2D eigenvalue weighted by Crippen LogP contribution is 2.44. The highest BCUT2D eigenvalue weighted by Gasteiger charge is 2.48. The Labute approximate surface area is 174 Å². The number of rotatable bonds is 5. The van der Waals surface area contributed by atoms with Crippen LogP contribution in [-0.4, -0.2) is 26.9 Å². The second-order valence-corrected chi connectivity index (χ2v) is 8.36. The van der Waals surface area contributed by atoms with Gasteiger partial charge in [0.2, 0.25) is 0 Å². The minimum atomic E-state index is 0.227. The van der Waals surface area contributed by atoms with Crippen LogP contribution in [0.5, 0.6) is 0 Å². The first-order valence-electron chi connectivity index (χ1n) is 10.9. The second kappa shape index (κ2) is 8.48. The van der Waals surface area contributed by atoms with E-state index in [1.54, 1.807) is 0 Å². The Morgan fingerprint density at radius 1 is 0.655 bits per heavy atom. The van der Waals surface area contributed by atoms with Crippen LogP contribution in [-0.2, 0) is 13.1 Å². The van der Waals surface area contributed by atoms with Crippen LogP contribution >= 0.6 is 0 Å². The van der Waals surface area contributed by atoms with E-state index < -0.39 is 0 Å². The molecule has 148 valence electrons. The molecule has 2 atom stereocenters. The van der Waals surface area contributed by atoms with Crippen molar-refractivity contribution in [2.75, 3.05) is 0 Å². The number of aromatic nitrogens is 1. The average molecular weight is 384 g/mol. The number of hydrogen-bond acceptors (Lipinski definition) is 3. The minimum absolute atomic E-state index is 0.227. The van der Waals surface area contributed by atoms with Gasteiger partial charge in [-0.1, -0.05) is 79.6 Å². The first kappa shape index (κ1) is 18.5. The second-order valence-electron chi connectivity index (χ2n) is 8.36. The van der Waals surface area contributed by atoms with Crippen LogP contribution in [0.15, 0.2) is 85.1 Å². The molecule has 0 radical (unpaired) electrons. The van der Waals surface area contributed by atoms with Crippen LogP contribution in [0.2, 0.25) is 0 Å². The summed E-state index contributed by atoms with van der Waals surface area (Å²) in [7, 11) is 0. The third-order valence-corrected chi connectivity index (χ3v) is 6.54. The normalized spacial score (nSPS) is 23.2. The summed E-state index contributed by atoms with van der Waals surface area (Å²) in [6, 6.07) is 29.4. The SMILES string of the molecule is c1ccc(CN2C(c3ccccn3)N(Cc3ccccc3)[C@@H]3CCCC[C@H]32)cc1. The van der Waals surface area contributed by atoms with Gasteiger partial charge in [-0.25, -0.2) is 0 Å². The Kier molecular flexibility index (Phi) is 5.42. The summed E-state index contributed by atoms with van der Waals surface area (Å²) in [5.74, 6) is 0. The molecule has 2 fully saturated rings. The van der Waals surface area contributed by atoms with E-state index in [1.807, 2.05) is 12.3 Å². The number of hydrogen-bond donors (Lipinski definition) is 0. The third-order valence-electron chi connectivity index (χ3n) is 6.54. The predicted molar refractivity (Wildman–Crippen MR) is 117 cm³/mol. The molecule has 2 heterocycles. The molecule has 2 aromatic carbocycles.